The second-order valence-corrected chi connectivity index (χ2v) is 5.52. The summed E-state index contributed by atoms with van der Waals surface area (Å²) in [6, 6.07) is 1.50. The molecular formula is C14H16ClNO3. The molecule has 1 aromatic rings. The molecule has 102 valence electrons. The molecule has 0 radical (unpaired) electrons. The average molecular weight is 282 g/mol. The van der Waals surface area contributed by atoms with E-state index in [1.807, 2.05) is 0 Å². The molecule has 1 aromatic carbocycles. The molecule has 0 amide bonds. The van der Waals surface area contributed by atoms with Crippen LogP contribution in [0.4, 0.5) is 0 Å². The Morgan fingerprint density at radius 2 is 2.05 bits per heavy atom. The molecule has 4 nitrogen and oxygen atoms in total. The van der Waals surface area contributed by atoms with Crippen LogP contribution in [0.1, 0.15) is 35.2 Å². The summed E-state index contributed by atoms with van der Waals surface area (Å²) in [4.78, 5) is 14.0. The first kappa shape index (κ1) is 12.8. The minimum Gasteiger partial charge on any atom is -0.506 e. The average Bonchev–Trinajstić information content (AvgIpc) is 2.78. The van der Waals surface area contributed by atoms with E-state index >= 15 is 0 Å². The van der Waals surface area contributed by atoms with Crippen molar-refractivity contribution < 1.29 is 14.6 Å². The smallest absolute Gasteiger partial charge is 0.203 e. The van der Waals surface area contributed by atoms with E-state index in [2.05, 4.69) is 4.90 Å². The lowest BCUT2D eigenvalue weighted by atomic mass is 10.0. The Morgan fingerprint density at radius 3 is 2.79 bits per heavy atom. The second-order valence-electron chi connectivity index (χ2n) is 5.11. The Bertz CT molecular complexity index is 524. The Morgan fingerprint density at radius 1 is 1.32 bits per heavy atom. The SMILES string of the molecule is O=C1COc2c1cc(Cl)c(O)c2CN1CCCCC1. The summed E-state index contributed by atoms with van der Waals surface area (Å²) in [5, 5.41) is 10.4. The minimum absolute atomic E-state index is 0.0423. The number of halogens is 1. The standard InChI is InChI=1S/C14H16ClNO3/c15-11-6-9-12(17)8-19-14(9)10(13(11)18)7-16-4-2-1-3-5-16/h6,18H,1-5,7-8H2. The van der Waals surface area contributed by atoms with Gasteiger partial charge in [0.25, 0.3) is 0 Å². The van der Waals surface area contributed by atoms with E-state index in [9.17, 15) is 9.90 Å². The number of aromatic hydroxyl groups is 1. The monoisotopic (exact) mass is 281 g/mol. The van der Waals surface area contributed by atoms with Crippen molar-refractivity contribution in [2.24, 2.45) is 0 Å². The molecule has 0 saturated carbocycles. The summed E-state index contributed by atoms with van der Waals surface area (Å²) < 4.78 is 5.42. The second kappa shape index (κ2) is 5.02. The molecule has 5 heteroatoms. The van der Waals surface area contributed by atoms with Gasteiger partial charge in [0.1, 0.15) is 11.5 Å². The van der Waals surface area contributed by atoms with Crippen molar-refractivity contribution in [3.8, 4) is 11.5 Å². The molecule has 0 spiro atoms. The van der Waals surface area contributed by atoms with Gasteiger partial charge in [-0.1, -0.05) is 18.0 Å². The van der Waals surface area contributed by atoms with Gasteiger partial charge in [0.05, 0.1) is 16.1 Å². The number of nitrogens with zero attached hydrogens (tertiary/aromatic N) is 1. The fourth-order valence-electron chi connectivity index (χ4n) is 2.75. The number of phenols is 1. The lowest BCUT2D eigenvalue weighted by molar-refractivity contribution is 0.0960. The summed E-state index contributed by atoms with van der Waals surface area (Å²) in [5.74, 6) is 0.481. The fraction of sp³-hybridized carbons (Fsp3) is 0.500. The molecule has 3 rings (SSSR count). The highest BCUT2D eigenvalue weighted by Gasteiger charge is 2.29. The zero-order chi connectivity index (χ0) is 13.4. The van der Waals surface area contributed by atoms with Crippen molar-refractivity contribution in [2.45, 2.75) is 25.8 Å². The lowest BCUT2D eigenvalue weighted by Crippen LogP contribution is -2.29. The van der Waals surface area contributed by atoms with Crippen LogP contribution in [0, 0.1) is 0 Å². The topological polar surface area (TPSA) is 49.8 Å². The van der Waals surface area contributed by atoms with Crippen molar-refractivity contribution in [1.82, 2.24) is 4.90 Å². The van der Waals surface area contributed by atoms with E-state index in [1.165, 1.54) is 25.3 Å². The van der Waals surface area contributed by atoms with Gasteiger partial charge in [-0.15, -0.1) is 0 Å². The normalized spacial score (nSPS) is 19.3. The van der Waals surface area contributed by atoms with E-state index in [0.29, 0.717) is 23.4 Å². The maximum Gasteiger partial charge on any atom is 0.203 e. The maximum absolute atomic E-state index is 11.7. The summed E-state index contributed by atoms with van der Waals surface area (Å²) in [5.41, 5.74) is 1.14. The van der Waals surface area contributed by atoms with Crippen LogP contribution in [0.5, 0.6) is 11.5 Å². The Labute approximate surface area is 116 Å². The van der Waals surface area contributed by atoms with Gasteiger partial charge in [-0.2, -0.15) is 0 Å². The summed E-state index contributed by atoms with van der Waals surface area (Å²) in [6.07, 6.45) is 3.59. The molecule has 0 atom stereocenters. The van der Waals surface area contributed by atoms with Crippen LogP contribution in [0.2, 0.25) is 5.02 Å². The molecule has 0 aromatic heterocycles. The van der Waals surface area contributed by atoms with E-state index in [1.54, 1.807) is 0 Å². The number of benzene rings is 1. The molecule has 1 fully saturated rings. The summed E-state index contributed by atoms with van der Waals surface area (Å²) in [6.45, 7) is 2.65. The zero-order valence-electron chi connectivity index (χ0n) is 10.6. The number of phenolic OH excluding ortho intramolecular Hbond substituents is 1. The first-order chi connectivity index (χ1) is 9.16. The number of hydrogen-bond acceptors (Lipinski definition) is 4. The van der Waals surface area contributed by atoms with Gasteiger partial charge in [0.2, 0.25) is 5.78 Å². The minimum atomic E-state index is -0.0724. The van der Waals surface area contributed by atoms with Crippen molar-refractivity contribution in [3.05, 3.63) is 22.2 Å². The molecular weight excluding hydrogens is 266 g/mol. The van der Waals surface area contributed by atoms with Crippen molar-refractivity contribution in [3.63, 3.8) is 0 Å². The number of hydrogen-bond donors (Lipinski definition) is 1. The Balaban J connectivity index is 1.95. The van der Waals surface area contributed by atoms with E-state index < -0.39 is 0 Å². The fourth-order valence-corrected chi connectivity index (χ4v) is 2.97. The molecule has 0 unspecified atom stereocenters. The highest BCUT2D eigenvalue weighted by atomic mass is 35.5. The van der Waals surface area contributed by atoms with E-state index in [-0.39, 0.29) is 23.2 Å². The third-order valence-corrected chi connectivity index (χ3v) is 4.07. The van der Waals surface area contributed by atoms with Crippen LogP contribution in [-0.2, 0) is 6.54 Å². The zero-order valence-corrected chi connectivity index (χ0v) is 11.4. The van der Waals surface area contributed by atoms with E-state index in [4.69, 9.17) is 16.3 Å². The van der Waals surface area contributed by atoms with Crippen LogP contribution in [0.3, 0.4) is 0 Å². The Kier molecular flexibility index (Phi) is 3.37. The molecule has 1 saturated heterocycles. The largest absolute Gasteiger partial charge is 0.506 e. The predicted octanol–water partition coefficient (Wildman–Crippen LogP) is 2.61. The van der Waals surface area contributed by atoms with Crippen LogP contribution >= 0.6 is 11.6 Å². The number of Topliss-reactive ketones (excluding diaryl/α,β-unsaturated/α-hetero) is 1. The van der Waals surface area contributed by atoms with Gasteiger partial charge in [-0.3, -0.25) is 9.69 Å². The predicted molar refractivity (Wildman–Crippen MR) is 72.1 cm³/mol. The van der Waals surface area contributed by atoms with Gasteiger partial charge in [-0.05, 0) is 32.0 Å². The number of carbonyl (C=O) groups excluding carboxylic acids is 1. The third-order valence-electron chi connectivity index (χ3n) is 3.78. The van der Waals surface area contributed by atoms with Crippen LogP contribution < -0.4 is 4.74 Å². The number of ether oxygens (including phenoxy) is 1. The van der Waals surface area contributed by atoms with Gasteiger partial charge < -0.3 is 9.84 Å². The lowest BCUT2D eigenvalue weighted by Gasteiger charge is -2.27. The van der Waals surface area contributed by atoms with E-state index in [0.717, 1.165) is 13.1 Å². The van der Waals surface area contributed by atoms with Crippen molar-refractivity contribution >= 4 is 17.4 Å². The van der Waals surface area contributed by atoms with Gasteiger partial charge in [0, 0.05) is 6.54 Å². The van der Waals surface area contributed by atoms with Gasteiger partial charge in [0.15, 0.2) is 6.61 Å². The highest BCUT2D eigenvalue weighted by Crippen LogP contribution is 2.41. The molecule has 0 aliphatic carbocycles. The molecule has 2 heterocycles. The highest BCUT2D eigenvalue weighted by molar-refractivity contribution is 6.32. The Hall–Kier alpha value is -1.26. The third kappa shape index (κ3) is 2.30. The molecule has 1 N–H and O–H groups in total. The number of ketones is 1. The maximum atomic E-state index is 11.7. The number of fused-ring (bicyclic) bond motifs is 1. The van der Waals surface area contributed by atoms with Crippen LogP contribution in [-0.4, -0.2) is 35.5 Å². The number of piperidine rings is 1. The number of likely N-dealkylation sites (tertiary alicyclic amines) is 1. The van der Waals surface area contributed by atoms with Gasteiger partial charge >= 0.3 is 0 Å². The first-order valence-electron chi connectivity index (χ1n) is 6.59. The molecule has 2 aliphatic rings. The van der Waals surface area contributed by atoms with Crippen LogP contribution in [0.15, 0.2) is 6.07 Å². The quantitative estimate of drug-likeness (QED) is 0.905. The number of rotatable bonds is 2. The summed E-state index contributed by atoms with van der Waals surface area (Å²) in [7, 11) is 0. The molecule has 2 aliphatic heterocycles. The first-order valence-corrected chi connectivity index (χ1v) is 6.97. The molecule has 19 heavy (non-hydrogen) atoms. The molecule has 0 bridgehead atoms. The van der Waals surface area contributed by atoms with Crippen LogP contribution in [0.25, 0.3) is 0 Å². The van der Waals surface area contributed by atoms with Gasteiger partial charge in [-0.25, -0.2) is 0 Å². The van der Waals surface area contributed by atoms with Crippen molar-refractivity contribution in [2.75, 3.05) is 19.7 Å². The summed E-state index contributed by atoms with van der Waals surface area (Å²) >= 11 is 6.00. The van der Waals surface area contributed by atoms with Crippen molar-refractivity contribution in [1.29, 1.82) is 0 Å². The number of carbonyl (C=O) groups is 1.